The summed E-state index contributed by atoms with van der Waals surface area (Å²) in [6.45, 7) is 2.64. The van der Waals surface area contributed by atoms with E-state index in [0.717, 1.165) is 25.9 Å². The standard InChI is InChI=1S/C16H23N3O3/c1-22-14-4-2-3-13(11-14)16(21)19-10-9-18-15(20)12-5-7-17-8-6-12/h2-4,11-12,17H,5-10H2,1H3,(H,18,20)(H,19,21). The molecule has 22 heavy (non-hydrogen) atoms. The minimum atomic E-state index is -0.171. The van der Waals surface area contributed by atoms with Crippen LogP contribution >= 0.6 is 0 Å². The number of carbonyl (C=O) groups excluding carboxylic acids is 2. The van der Waals surface area contributed by atoms with Crippen molar-refractivity contribution in [2.75, 3.05) is 33.3 Å². The molecule has 0 atom stereocenters. The molecule has 0 aromatic heterocycles. The molecule has 2 rings (SSSR count). The third-order valence-electron chi connectivity index (χ3n) is 3.75. The number of carbonyl (C=O) groups is 2. The lowest BCUT2D eigenvalue weighted by molar-refractivity contribution is -0.125. The summed E-state index contributed by atoms with van der Waals surface area (Å²) in [5.74, 6) is 0.648. The normalized spacial score (nSPS) is 15.1. The van der Waals surface area contributed by atoms with Gasteiger partial charge in [-0.05, 0) is 44.1 Å². The van der Waals surface area contributed by atoms with E-state index in [0.29, 0.717) is 24.4 Å². The molecule has 1 aromatic carbocycles. The number of amides is 2. The van der Waals surface area contributed by atoms with Crippen LogP contribution in [0.15, 0.2) is 24.3 Å². The molecule has 3 N–H and O–H groups in total. The second-order valence-corrected chi connectivity index (χ2v) is 5.30. The average molecular weight is 305 g/mol. The average Bonchev–Trinajstić information content (AvgIpc) is 2.59. The molecular formula is C16H23N3O3. The Morgan fingerprint density at radius 3 is 2.68 bits per heavy atom. The van der Waals surface area contributed by atoms with E-state index in [2.05, 4.69) is 16.0 Å². The molecule has 1 fully saturated rings. The first kappa shape index (κ1) is 16.3. The number of rotatable bonds is 6. The van der Waals surface area contributed by atoms with Crippen LogP contribution in [0.4, 0.5) is 0 Å². The molecule has 0 radical (unpaired) electrons. The maximum atomic E-state index is 12.0. The highest BCUT2D eigenvalue weighted by atomic mass is 16.5. The SMILES string of the molecule is COc1cccc(C(=O)NCCNC(=O)C2CCNCC2)c1. The molecule has 6 heteroatoms. The Labute approximate surface area is 130 Å². The summed E-state index contributed by atoms with van der Waals surface area (Å²) >= 11 is 0. The first-order valence-corrected chi connectivity index (χ1v) is 7.61. The minimum absolute atomic E-state index is 0.0807. The second-order valence-electron chi connectivity index (χ2n) is 5.30. The lowest BCUT2D eigenvalue weighted by Gasteiger charge is -2.21. The van der Waals surface area contributed by atoms with Crippen LogP contribution in [0.5, 0.6) is 5.75 Å². The summed E-state index contributed by atoms with van der Waals surface area (Å²) in [6, 6.07) is 6.97. The van der Waals surface area contributed by atoms with Crippen LogP contribution in [0.2, 0.25) is 0 Å². The van der Waals surface area contributed by atoms with Crippen LogP contribution in [0.3, 0.4) is 0 Å². The van der Waals surface area contributed by atoms with Crippen molar-refractivity contribution in [3.63, 3.8) is 0 Å². The van der Waals surface area contributed by atoms with Crippen LogP contribution in [-0.4, -0.2) is 45.1 Å². The summed E-state index contributed by atoms with van der Waals surface area (Å²) in [4.78, 5) is 23.9. The quantitative estimate of drug-likeness (QED) is 0.670. The lowest BCUT2D eigenvalue weighted by Crippen LogP contribution is -2.41. The van der Waals surface area contributed by atoms with Crippen LogP contribution < -0.4 is 20.7 Å². The Kier molecular flexibility index (Phi) is 6.21. The topological polar surface area (TPSA) is 79.5 Å². The third-order valence-corrected chi connectivity index (χ3v) is 3.75. The molecule has 6 nitrogen and oxygen atoms in total. The fourth-order valence-corrected chi connectivity index (χ4v) is 2.46. The number of nitrogens with one attached hydrogen (secondary N) is 3. The molecule has 1 heterocycles. The van der Waals surface area contributed by atoms with Crippen LogP contribution in [0.1, 0.15) is 23.2 Å². The summed E-state index contributed by atoms with van der Waals surface area (Å²) in [5.41, 5.74) is 0.545. The zero-order chi connectivity index (χ0) is 15.8. The Hall–Kier alpha value is -2.08. The predicted molar refractivity (Wildman–Crippen MR) is 83.9 cm³/mol. The van der Waals surface area contributed by atoms with Gasteiger partial charge in [0.25, 0.3) is 5.91 Å². The van der Waals surface area contributed by atoms with Crippen LogP contribution in [0.25, 0.3) is 0 Å². The molecule has 1 aliphatic rings. The monoisotopic (exact) mass is 305 g/mol. The minimum Gasteiger partial charge on any atom is -0.497 e. The molecule has 0 saturated carbocycles. The highest BCUT2D eigenvalue weighted by Gasteiger charge is 2.20. The number of piperidine rings is 1. The van der Waals surface area contributed by atoms with Crippen LogP contribution in [-0.2, 0) is 4.79 Å². The van der Waals surface area contributed by atoms with E-state index in [1.165, 1.54) is 0 Å². The Morgan fingerprint density at radius 1 is 1.23 bits per heavy atom. The molecule has 0 spiro atoms. The van der Waals surface area contributed by atoms with Gasteiger partial charge in [-0.1, -0.05) is 6.07 Å². The van der Waals surface area contributed by atoms with Crippen molar-refractivity contribution in [1.29, 1.82) is 0 Å². The predicted octanol–water partition coefficient (Wildman–Crippen LogP) is 0.541. The van der Waals surface area contributed by atoms with Crippen molar-refractivity contribution >= 4 is 11.8 Å². The zero-order valence-corrected chi connectivity index (χ0v) is 12.9. The fraction of sp³-hybridized carbons (Fsp3) is 0.500. The lowest BCUT2D eigenvalue weighted by atomic mass is 9.97. The van der Waals surface area contributed by atoms with Gasteiger partial charge in [-0.15, -0.1) is 0 Å². The van der Waals surface area contributed by atoms with Gasteiger partial charge >= 0.3 is 0 Å². The highest BCUT2D eigenvalue weighted by molar-refractivity contribution is 5.94. The van der Waals surface area contributed by atoms with Gasteiger partial charge in [0, 0.05) is 24.6 Å². The summed E-state index contributed by atoms with van der Waals surface area (Å²) in [6.07, 6.45) is 1.75. The van der Waals surface area contributed by atoms with Gasteiger partial charge in [0.05, 0.1) is 7.11 Å². The zero-order valence-electron chi connectivity index (χ0n) is 12.9. The van der Waals surface area contributed by atoms with Crippen molar-refractivity contribution in [1.82, 2.24) is 16.0 Å². The van der Waals surface area contributed by atoms with Gasteiger partial charge < -0.3 is 20.7 Å². The molecule has 120 valence electrons. The number of hydrogen-bond acceptors (Lipinski definition) is 4. The number of methoxy groups -OCH3 is 1. The maximum absolute atomic E-state index is 12.0. The second kappa shape index (κ2) is 8.38. The van der Waals surface area contributed by atoms with Crippen molar-refractivity contribution in [2.24, 2.45) is 5.92 Å². The Bertz CT molecular complexity index is 513. The Balaban J connectivity index is 1.69. The van der Waals surface area contributed by atoms with Gasteiger partial charge in [0.2, 0.25) is 5.91 Å². The molecule has 1 aliphatic heterocycles. The summed E-state index contributed by atoms with van der Waals surface area (Å²) in [5, 5.41) is 8.89. The first-order valence-electron chi connectivity index (χ1n) is 7.61. The Morgan fingerprint density at radius 2 is 1.95 bits per heavy atom. The van der Waals surface area contributed by atoms with E-state index in [1.54, 1.807) is 31.4 Å². The molecule has 0 aliphatic carbocycles. The van der Waals surface area contributed by atoms with Gasteiger partial charge in [-0.2, -0.15) is 0 Å². The van der Waals surface area contributed by atoms with Gasteiger partial charge in [0.1, 0.15) is 5.75 Å². The number of benzene rings is 1. The maximum Gasteiger partial charge on any atom is 0.251 e. The molecular weight excluding hydrogens is 282 g/mol. The van der Waals surface area contributed by atoms with Crippen molar-refractivity contribution in [2.45, 2.75) is 12.8 Å². The highest BCUT2D eigenvalue weighted by Crippen LogP contribution is 2.12. The number of hydrogen-bond donors (Lipinski definition) is 3. The molecule has 0 bridgehead atoms. The van der Waals surface area contributed by atoms with E-state index < -0.39 is 0 Å². The van der Waals surface area contributed by atoms with E-state index in [-0.39, 0.29) is 17.7 Å². The van der Waals surface area contributed by atoms with Crippen LogP contribution in [0, 0.1) is 5.92 Å². The summed E-state index contributed by atoms with van der Waals surface area (Å²) < 4.78 is 5.09. The molecule has 1 aromatic rings. The van der Waals surface area contributed by atoms with Crippen molar-refractivity contribution in [3.05, 3.63) is 29.8 Å². The molecule has 1 saturated heterocycles. The number of ether oxygens (including phenoxy) is 1. The van der Waals surface area contributed by atoms with Gasteiger partial charge in [-0.3, -0.25) is 9.59 Å². The fourth-order valence-electron chi connectivity index (χ4n) is 2.46. The van der Waals surface area contributed by atoms with Crippen molar-refractivity contribution < 1.29 is 14.3 Å². The van der Waals surface area contributed by atoms with E-state index >= 15 is 0 Å². The molecule has 0 unspecified atom stereocenters. The first-order chi connectivity index (χ1) is 10.7. The molecule has 2 amide bonds. The summed E-state index contributed by atoms with van der Waals surface area (Å²) in [7, 11) is 1.56. The van der Waals surface area contributed by atoms with Gasteiger partial charge in [0.15, 0.2) is 0 Å². The largest absolute Gasteiger partial charge is 0.497 e. The van der Waals surface area contributed by atoms with E-state index in [4.69, 9.17) is 4.74 Å². The van der Waals surface area contributed by atoms with E-state index in [1.807, 2.05) is 0 Å². The smallest absolute Gasteiger partial charge is 0.251 e. The third kappa shape index (κ3) is 4.73. The van der Waals surface area contributed by atoms with Gasteiger partial charge in [-0.25, -0.2) is 0 Å². The van der Waals surface area contributed by atoms with Crippen molar-refractivity contribution in [3.8, 4) is 5.75 Å². The van der Waals surface area contributed by atoms with E-state index in [9.17, 15) is 9.59 Å².